The zero-order valence-electron chi connectivity index (χ0n) is 10.5. The highest BCUT2D eigenvalue weighted by molar-refractivity contribution is 5.89. The van der Waals surface area contributed by atoms with Gasteiger partial charge in [-0.05, 0) is 12.1 Å². The maximum Gasteiger partial charge on any atom is 0.222 e. The molecule has 0 unspecified atom stereocenters. The van der Waals surface area contributed by atoms with Gasteiger partial charge in [-0.25, -0.2) is 4.98 Å². The van der Waals surface area contributed by atoms with Gasteiger partial charge in [0.05, 0.1) is 11.7 Å². The van der Waals surface area contributed by atoms with Crippen LogP contribution in [0.2, 0.25) is 0 Å². The van der Waals surface area contributed by atoms with Crippen LogP contribution in [0.4, 0.5) is 11.8 Å². The molecule has 6 heteroatoms. The van der Waals surface area contributed by atoms with Crippen LogP contribution in [0, 0.1) is 0 Å². The molecule has 0 aliphatic carbocycles. The Hall–Kier alpha value is -2.63. The lowest BCUT2D eigenvalue weighted by Gasteiger charge is -2.08. The van der Waals surface area contributed by atoms with E-state index in [-0.39, 0.29) is 5.95 Å². The van der Waals surface area contributed by atoms with Crippen molar-refractivity contribution in [1.82, 2.24) is 19.7 Å². The number of rotatable bonds is 3. The van der Waals surface area contributed by atoms with Crippen molar-refractivity contribution in [2.75, 3.05) is 11.1 Å². The van der Waals surface area contributed by atoms with Crippen molar-refractivity contribution in [3.05, 3.63) is 42.2 Å². The Bertz CT molecular complexity index is 718. The first-order chi connectivity index (χ1) is 9.22. The first-order valence-electron chi connectivity index (χ1n) is 5.96. The second-order valence-corrected chi connectivity index (χ2v) is 4.32. The number of nitrogens with two attached hydrogens (primary N) is 1. The van der Waals surface area contributed by atoms with Gasteiger partial charge in [0.1, 0.15) is 5.82 Å². The number of nitrogens with zero attached hydrogens (tertiary/aromatic N) is 4. The van der Waals surface area contributed by atoms with Crippen LogP contribution in [0.1, 0.15) is 5.56 Å². The van der Waals surface area contributed by atoms with E-state index in [4.69, 9.17) is 5.73 Å². The molecule has 6 nitrogen and oxygen atoms in total. The van der Waals surface area contributed by atoms with Crippen molar-refractivity contribution in [3.8, 4) is 0 Å². The molecule has 3 rings (SSSR count). The number of aromatic nitrogens is 4. The zero-order chi connectivity index (χ0) is 13.2. The van der Waals surface area contributed by atoms with E-state index < -0.39 is 0 Å². The predicted octanol–water partition coefficient (Wildman–Crippen LogP) is 1.56. The predicted molar refractivity (Wildman–Crippen MR) is 74.5 cm³/mol. The highest BCUT2D eigenvalue weighted by Crippen LogP contribution is 2.21. The van der Waals surface area contributed by atoms with Gasteiger partial charge in [0.2, 0.25) is 5.95 Å². The molecule has 2 aromatic heterocycles. The summed E-state index contributed by atoms with van der Waals surface area (Å²) in [6, 6.07) is 7.78. The fourth-order valence-electron chi connectivity index (χ4n) is 1.98. The molecular weight excluding hydrogens is 240 g/mol. The van der Waals surface area contributed by atoms with Crippen LogP contribution < -0.4 is 11.1 Å². The van der Waals surface area contributed by atoms with Gasteiger partial charge in [-0.3, -0.25) is 4.68 Å². The van der Waals surface area contributed by atoms with Crippen LogP contribution in [-0.4, -0.2) is 19.7 Å². The average molecular weight is 254 g/mol. The number of benzene rings is 1. The maximum absolute atomic E-state index is 5.72. The molecule has 0 aliphatic heterocycles. The fourth-order valence-corrected chi connectivity index (χ4v) is 1.98. The third kappa shape index (κ3) is 2.33. The van der Waals surface area contributed by atoms with E-state index in [0.29, 0.717) is 6.54 Å². The molecule has 2 heterocycles. The summed E-state index contributed by atoms with van der Waals surface area (Å²) in [4.78, 5) is 8.46. The summed E-state index contributed by atoms with van der Waals surface area (Å²) in [7, 11) is 1.89. The SMILES string of the molecule is Cn1cc(CNc2nc(N)nc3ccccc23)cn1. The van der Waals surface area contributed by atoms with Crippen LogP contribution in [0.5, 0.6) is 0 Å². The highest BCUT2D eigenvalue weighted by Gasteiger charge is 2.05. The normalized spacial score (nSPS) is 10.8. The number of nitrogen functional groups attached to an aromatic ring is 1. The van der Waals surface area contributed by atoms with Crippen molar-refractivity contribution >= 4 is 22.7 Å². The molecular formula is C13H14N6. The lowest BCUT2D eigenvalue weighted by molar-refractivity contribution is 0.767. The van der Waals surface area contributed by atoms with Gasteiger partial charge < -0.3 is 11.1 Å². The van der Waals surface area contributed by atoms with E-state index in [1.54, 1.807) is 4.68 Å². The van der Waals surface area contributed by atoms with Crippen molar-refractivity contribution in [2.24, 2.45) is 7.05 Å². The summed E-state index contributed by atoms with van der Waals surface area (Å²) in [5, 5.41) is 8.36. The number of aryl methyl sites for hydroxylation is 1. The summed E-state index contributed by atoms with van der Waals surface area (Å²) in [6.45, 7) is 0.647. The first-order valence-corrected chi connectivity index (χ1v) is 5.96. The second-order valence-electron chi connectivity index (χ2n) is 4.32. The minimum atomic E-state index is 0.271. The third-order valence-electron chi connectivity index (χ3n) is 2.84. The standard InChI is InChI=1S/C13H14N6/c1-19-8-9(7-16-19)6-15-12-10-4-2-3-5-11(10)17-13(14)18-12/h2-5,7-8H,6H2,1H3,(H3,14,15,17,18). The molecule has 0 saturated carbocycles. The quantitative estimate of drug-likeness (QED) is 0.741. The number of nitrogens with one attached hydrogen (secondary N) is 1. The Kier molecular flexibility index (Phi) is 2.75. The second kappa shape index (κ2) is 4.56. The van der Waals surface area contributed by atoms with Gasteiger partial charge >= 0.3 is 0 Å². The molecule has 3 aromatic rings. The van der Waals surface area contributed by atoms with Crippen LogP contribution in [0.3, 0.4) is 0 Å². The highest BCUT2D eigenvalue weighted by atomic mass is 15.2. The van der Waals surface area contributed by atoms with Gasteiger partial charge in [0.25, 0.3) is 0 Å². The summed E-state index contributed by atoms with van der Waals surface area (Å²) in [5.74, 6) is 1.01. The molecule has 0 saturated heterocycles. The van der Waals surface area contributed by atoms with Gasteiger partial charge in [-0.2, -0.15) is 10.1 Å². The zero-order valence-corrected chi connectivity index (χ0v) is 10.5. The minimum Gasteiger partial charge on any atom is -0.368 e. The van der Waals surface area contributed by atoms with Crippen molar-refractivity contribution in [1.29, 1.82) is 0 Å². The summed E-state index contributed by atoms with van der Waals surface area (Å²) < 4.78 is 1.77. The van der Waals surface area contributed by atoms with E-state index in [9.17, 15) is 0 Å². The van der Waals surface area contributed by atoms with Crippen molar-refractivity contribution < 1.29 is 0 Å². The van der Waals surface area contributed by atoms with Crippen LogP contribution >= 0.6 is 0 Å². The van der Waals surface area contributed by atoms with Crippen LogP contribution in [0.25, 0.3) is 10.9 Å². The Morgan fingerprint density at radius 1 is 1.26 bits per heavy atom. The van der Waals surface area contributed by atoms with E-state index in [2.05, 4.69) is 20.4 Å². The van der Waals surface area contributed by atoms with Gasteiger partial charge in [-0.1, -0.05) is 12.1 Å². The van der Waals surface area contributed by atoms with Gasteiger partial charge in [-0.15, -0.1) is 0 Å². The molecule has 19 heavy (non-hydrogen) atoms. The van der Waals surface area contributed by atoms with Crippen molar-refractivity contribution in [3.63, 3.8) is 0 Å². The van der Waals surface area contributed by atoms with E-state index >= 15 is 0 Å². The Morgan fingerprint density at radius 3 is 2.89 bits per heavy atom. The molecule has 96 valence electrons. The molecule has 0 atom stereocenters. The van der Waals surface area contributed by atoms with Crippen molar-refractivity contribution in [2.45, 2.75) is 6.54 Å². The summed E-state index contributed by atoms with van der Waals surface area (Å²) in [5.41, 5.74) is 7.64. The molecule has 1 aromatic carbocycles. The average Bonchev–Trinajstić information content (AvgIpc) is 2.81. The molecule has 0 aliphatic rings. The van der Waals surface area contributed by atoms with E-state index in [1.807, 2.05) is 43.7 Å². The lowest BCUT2D eigenvalue weighted by atomic mass is 10.2. The maximum atomic E-state index is 5.72. The molecule has 0 spiro atoms. The number of para-hydroxylation sites is 1. The van der Waals surface area contributed by atoms with Crippen LogP contribution in [0.15, 0.2) is 36.7 Å². The number of hydrogen-bond acceptors (Lipinski definition) is 5. The lowest BCUT2D eigenvalue weighted by Crippen LogP contribution is -2.05. The van der Waals surface area contributed by atoms with E-state index in [1.165, 1.54) is 0 Å². The Balaban J connectivity index is 1.91. The summed E-state index contributed by atoms with van der Waals surface area (Å²) >= 11 is 0. The molecule has 3 N–H and O–H groups in total. The topological polar surface area (TPSA) is 81.7 Å². The molecule has 0 fully saturated rings. The fraction of sp³-hybridized carbons (Fsp3) is 0.154. The largest absolute Gasteiger partial charge is 0.368 e. The third-order valence-corrected chi connectivity index (χ3v) is 2.84. The first kappa shape index (κ1) is 11.5. The monoisotopic (exact) mass is 254 g/mol. The number of anilines is 2. The molecule has 0 bridgehead atoms. The number of fused-ring (bicyclic) bond motifs is 1. The summed E-state index contributed by atoms with van der Waals surface area (Å²) in [6.07, 6.45) is 3.78. The molecule has 0 radical (unpaired) electrons. The number of hydrogen-bond donors (Lipinski definition) is 2. The Morgan fingerprint density at radius 2 is 2.11 bits per heavy atom. The molecule has 0 amide bonds. The smallest absolute Gasteiger partial charge is 0.222 e. The Labute approximate surface area is 110 Å². The minimum absolute atomic E-state index is 0.271. The van der Waals surface area contributed by atoms with Gasteiger partial charge in [0.15, 0.2) is 0 Å². The van der Waals surface area contributed by atoms with Gasteiger partial charge in [0, 0.05) is 30.7 Å². The van der Waals surface area contributed by atoms with E-state index in [0.717, 1.165) is 22.3 Å². The van der Waals surface area contributed by atoms with Crippen LogP contribution in [-0.2, 0) is 13.6 Å².